The first-order chi connectivity index (χ1) is 10.4. The molecule has 3 heterocycles. The second-order valence-electron chi connectivity index (χ2n) is 5.09. The Morgan fingerprint density at radius 1 is 1.41 bits per heavy atom. The van der Waals surface area contributed by atoms with Gasteiger partial charge in [0.2, 0.25) is 5.60 Å². The lowest BCUT2D eigenvalue weighted by atomic mass is 9.92. The highest BCUT2D eigenvalue weighted by Gasteiger charge is 2.65. The fraction of sp³-hybridized carbons (Fsp3) is 0.385. The molecule has 0 radical (unpaired) electrons. The van der Waals surface area contributed by atoms with Crippen LogP contribution in [0.4, 0.5) is 10.1 Å². The van der Waals surface area contributed by atoms with Gasteiger partial charge in [0, 0.05) is 6.20 Å². The Hall–Kier alpha value is -2.25. The number of halogens is 1. The molecule has 116 valence electrons. The quantitative estimate of drug-likeness (QED) is 0.561. The molecule has 22 heavy (non-hydrogen) atoms. The van der Waals surface area contributed by atoms with Gasteiger partial charge >= 0.3 is 0 Å². The lowest BCUT2D eigenvalue weighted by Crippen LogP contribution is -2.43. The summed E-state index contributed by atoms with van der Waals surface area (Å²) in [6, 6.07) is 6.12. The van der Waals surface area contributed by atoms with Gasteiger partial charge in [-0.2, -0.15) is 10.4 Å². The molecule has 0 aromatic carbocycles. The fourth-order valence-corrected chi connectivity index (χ4v) is 2.64. The molecule has 2 aromatic rings. The Labute approximate surface area is 123 Å². The second kappa shape index (κ2) is 4.62. The number of alkyl halides is 1. The van der Waals surface area contributed by atoms with Gasteiger partial charge < -0.3 is 25.8 Å². The van der Waals surface area contributed by atoms with E-state index in [4.69, 9.17) is 15.6 Å². The standard InChI is InChI=1S/C13H13FN4O4/c14-13(6-19)11(21)10(20)12(5-15,22-13)9-2-1-8-7(16)3-4-17-18(8)9/h1-4,10-11,19-21H,6,16H2/t10-,11+,12+,13-/m1/s1. The van der Waals surface area contributed by atoms with E-state index in [1.54, 1.807) is 6.07 Å². The summed E-state index contributed by atoms with van der Waals surface area (Å²) in [5, 5.41) is 42.5. The number of fused-ring (bicyclic) bond motifs is 1. The molecule has 1 aliphatic rings. The first-order valence-electron chi connectivity index (χ1n) is 6.39. The molecule has 8 nitrogen and oxygen atoms in total. The molecule has 1 saturated heterocycles. The summed E-state index contributed by atoms with van der Waals surface area (Å²) in [5.41, 5.74) is 4.33. The minimum Gasteiger partial charge on any atom is -0.397 e. The predicted octanol–water partition coefficient (Wildman–Crippen LogP) is -0.955. The zero-order chi connectivity index (χ0) is 16.1. The third-order valence-corrected chi connectivity index (χ3v) is 3.84. The molecule has 9 heteroatoms. The van der Waals surface area contributed by atoms with E-state index in [0.29, 0.717) is 11.2 Å². The van der Waals surface area contributed by atoms with E-state index in [0.717, 1.165) is 0 Å². The van der Waals surface area contributed by atoms with E-state index < -0.39 is 30.3 Å². The lowest BCUT2D eigenvalue weighted by Gasteiger charge is -2.24. The van der Waals surface area contributed by atoms with Crippen LogP contribution in [0.5, 0.6) is 0 Å². The minimum atomic E-state index is -2.96. The second-order valence-corrected chi connectivity index (χ2v) is 5.09. The van der Waals surface area contributed by atoms with Crippen LogP contribution in [0.1, 0.15) is 5.69 Å². The van der Waals surface area contributed by atoms with Gasteiger partial charge in [0.1, 0.15) is 24.9 Å². The first-order valence-corrected chi connectivity index (χ1v) is 6.39. The molecule has 3 rings (SSSR count). The van der Waals surface area contributed by atoms with Crippen molar-refractivity contribution in [3.8, 4) is 6.07 Å². The van der Waals surface area contributed by atoms with E-state index in [9.17, 15) is 19.9 Å². The number of hydrogen-bond acceptors (Lipinski definition) is 7. The van der Waals surface area contributed by atoms with Gasteiger partial charge in [0.25, 0.3) is 5.85 Å². The van der Waals surface area contributed by atoms with E-state index in [1.807, 2.05) is 0 Å². The molecule has 0 amide bonds. The van der Waals surface area contributed by atoms with Crippen LogP contribution in [0, 0.1) is 11.3 Å². The molecule has 1 aliphatic heterocycles. The zero-order valence-electron chi connectivity index (χ0n) is 11.2. The zero-order valence-corrected chi connectivity index (χ0v) is 11.2. The van der Waals surface area contributed by atoms with Gasteiger partial charge in [-0.3, -0.25) is 0 Å². The van der Waals surface area contributed by atoms with Crippen LogP contribution in [0.2, 0.25) is 0 Å². The topological polar surface area (TPSA) is 137 Å². The van der Waals surface area contributed by atoms with Crippen LogP contribution < -0.4 is 5.73 Å². The highest BCUT2D eigenvalue weighted by Crippen LogP contribution is 2.45. The van der Waals surface area contributed by atoms with Crippen molar-refractivity contribution in [3.05, 3.63) is 30.1 Å². The molecule has 0 spiro atoms. The number of nitriles is 1. The molecule has 0 unspecified atom stereocenters. The Morgan fingerprint density at radius 3 is 2.73 bits per heavy atom. The van der Waals surface area contributed by atoms with Crippen molar-refractivity contribution in [2.45, 2.75) is 23.7 Å². The number of nitrogen functional groups attached to an aromatic ring is 1. The number of nitrogens with two attached hydrogens (primary N) is 1. The normalized spacial score (nSPS) is 34.9. The number of aromatic nitrogens is 2. The Kier molecular flexibility index (Phi) is 3.08. The van der Waals surface area contributed by atoms with E-state index in [-0.39, 0.29) is 5.69 Å². The summed E-state index contributed by atoms with van der Waals surface area (Å²) in [6.07, 6.45) is -2.65. The molecule has 0 aliphatic carbocycles. The lowest BCUT2D eigenvalue weighted by molar-refractivity contribution is -0.212. The minimum absolute atomic E-state index is 0.00294. The number of nitrogens with zero attached hydrogens (tertiary/aromatic N) is 3. The van der Waals surface area contributed by atoms with Crippen molar-refractivity contribution in [2.24, 2.45) is 0 Å². The maximum Gasteiger partial charge on any atom is 0.263 e. The Bertz CT molecular complexity index is 775. The largest absolute Gasteiger partial charge is 0.397 e. The van der Waals surface area contributed by atoms with Gasteiger partial charge in [0.05, 0.1) is 16.9 Å². The van der Waals surface area contributed by atoms with Crippen molar-refractivity contribution in [1.29, 1.82) is 5.26 Å². The fourth-order valence-electron chi connectivity index (χ4n) is 2.64. The van der Waals surface area contributed by atoms with Gasteiger partial charge in [-0.05, 0) is 18.2 Å². The highest BCUT2D eigenvalue weighted by atomic mass is 19.2. The molecule has 2 aromatic heterocycles. The smallest absolute Gasteiger partial charge is 0.263 e. The predicted molar refractivity (Wildman–Crippen MR) is 70.9 cm³/mol. The number of aliphatic hydroxyl groups excluding tert-OH is 3. The monoisotopic (exact) mass is 308 g/mol. The van der Waals surface area contributed by atoms with Gasteiger partial charge in [-0.15, -0.1) is 0 Å². The van der Waals surface area contributed by atoms with Gasteiger partial charge in [-0.1, -0.05) is 0 Å². The van der Waals surface area contributed by atoms with E-state index in [2.05, 4.69) is 5.10 Å². The number of aliphatic hydroxyl groups is 3. The molecule has 0 bridgehead atoms. The van der Waals surface area contributed by atoms with Crippen molar-refractivity contribution >= 4 is 11.2 Å². The number of rotatable bonds is 2. The van der Waals surface area contributed by atoms with Crippen molar-refractivity contribution in [1.82, 2.24) is 9.61 Å². The Balaban J connectivity index is 2.23. The highest BCUT2D eigenvalue weighted by molar-refractivity contribution is 5.69. The maximum atomic E-state index is 14.4. The van der Waals surface area contributed by atoms with Crippen molar-refractivity contribution in [2.75, 3.05) is 12.3 Å². The van der Waals surface area contributed by atoms with Crippen LogP contribution in [0.25, 0.3) is 5.52 Å². The first kappa shape index (κ1) is 14.7. The van der Waals surface area contributed by atoms with E-state index >= 15 is 0 Å². The summed E-state index contributed by atoms with van der Waals surface area (Å²) in [5.74, 6) is -2.96. The molecular weight excluding hydrogens is 295 g/mol. The molecule has 5 N–H and O–H groups in total. The summed E-state index contributed by atoms with van der Waals surface area (Å²) >= 11 is 0. The van der Waals surface area contributed by atoms with E-state index in [1.165, 1.54) is 28.9 Å². The summed E-state index contributed by atoms with van der Waals surface area (Å²) < 4.78 is 20.5. The maximum absolute atomic E-state index is 14.4. The number of ether oxygens (including phenoxy) is 1. The molecule has 1 fully saturated rings. The van der Waals surface area contributed by atoms with Crippen LogP contribution >= 0.6 is 0 Å². The van der Waals surface area contributed by atoms with Crippen LogP contribution in [-0.2, 0) is 10.3 Å². The van der Waals surface area contributed by atoms with Crippen LogP contribution in [0.15, 0.2) is 24.4 Å². The average Bonchev–Trinajstić information content (AvgIpc) is 3.03. The van der Waals surface area contributed by atoms with Crippen molar-refractivity contribution in [3.63, 3.8) is 0 Å². The van der Waals surface area contributed by atoms with Crippen molar-refractivity contribution < 1.29 is 24.4 Å². The third-order valence-electron chi connectivity index (χ3n) is 3.84. The van der Waals surface area contributed by atoms with Gasteiger partial charge in [0.15, 0.2) is 0 Å². The summed E-state index contributed by atoms with van der Waals surface area (Å²) in [7, 11) is 0. The summed E-state index contributed by atoms with van der Waals surface area (Å²) in [6.45, 7) is -1.21. The SMILES string of the molecule is N#C[C@@]1(c2ccc3c(N)ccnn23)O[C@](F)(CO)[C@@H](O)[C@H]1O. The molecule has 0 saturated carbocycles. The molecular formula is C13H13FN4O4. The van der Waals surface area contributed by atoms with Crippen LogP contribution in [0.3, 0.4) is 0 Å². The number of anilines is 1. The van der Waals surface area contributed by atoms with Crippen LogP contribution in [-0.4, -0.2) is 49.6 Å². The number of hydrogen-bond donors (Lipinski definition) is 4. The third kappa shape index (κ3) is 1.66. The summed E-state index contributed by atoms with van der Waals surface area (Å²) in [4.78, 5) is 0. The molecule has 4 atom stereocenters. The van der Waals surface area contributed by atoms with Gasteiger partial charge in [-0.25, -0.2) is 8.91 Å². The Morgan fingerprint density at radius 2 is 2.14 bits per heavy atom. The average molecular weight is 308 g/mol.